The lowest BCUT2D eigenvalue weighted by atomic mass is 10.1. The second kappa shape index (κ2) is 10.7. The highest BCUT2D eigenvalue weighted by molar-refractivity contribution is 6.05. The summed E-state index contributed by atoms with van der Waals surface area (Å²) in [5.41, 5.74) is 1.95. The minimum atomic E-state index is -0.966. The van der Waals surface area contributed by atoms with Gasteiger partial charge >= 0.3 is 5.97 Å². The third-order valence-corrected chi connectivity index (χ3v) is 4.06. The monoisotopic (exact) mass is 384 g/mol. The Morgan fingerprint density at radius 1 is 1.00 bits per heavy atom. The Kier molecular flexibility index (Phi) is 8.02. The zero-order chi connectivity index (χ0) is 20.4. The van der Waals surface area contributed by atoms with E-state index in [-0.39, 0.29) is 24.5 Å². The number of hydrogen-bond acceptors (Lipinski definition) is 5. The van der Waals surface area contributed by atoms with Crippen LogP contribution in [0, 0.1) is 0 Å². The lowest BCUT2D eigenvalue weighted by molar-refractivity contribution is -0.136. The molecule has 1 amide bonds. The number of hydrogen-bond donors (Lipinski definition) is 3. The molecular weight excluding hydrogens is 360 g/mol. The van der Waals surface area contributed by atoms with Crippen LogP contribution in [0.2, 0.25) is 0 Å². The zero-order valence-corrected chi connectivity index (χ0v) is 15.7. The first-order valence-electron chi connectivity index (χ1n) is 9.11. The van der Waals surface area contributed by atoms with E-state index in [1.165, 1.54) is 0 Å². The van der Waals surface area contributed by atoms with Crippen LogP contribution in [0.25, 0.3) is 0 Å². The molecule has 2 rings (SSSR count). The molecule has 0 aliphatic rings. The molecule has 2 aromatic rings. The molecule has 0 saturated carbocycles. The minimum Gasteiger partial charge on any atom is -0.494 e. The summed E-state index contributed by atoms with van der Waals surface area (Å²) in [6, 6.07) is 13.6. The van der Waals surface area contributed by atoms with E-state index < -0.39 is 5.97 Å². The normalized spacial score (nSPS) is 11.1. The lowest BCUT2D eigenvalue weighted by Crippen LogP contribution is -2.12. The predicted octanol–water partition coefficient (Wildman–Crippen LogP) is 4.16. The summed E-state index contributed by atoms with van der Waals surface area (Å²) in [5.74, 6) is -0.492. The van der Waals surface area contributed by atoms with Gasteiger partial charge in [0.1, 0.15) is 5.75 Å². The van der Waals surface area contributed by atoms with Crippen LogP contribution in [-0.4, -0.2) is 34.5 Å². The summed E-state index contributed by atoms with van der Waals surface area (Å²) < 4.78 is 5.58. The summed E-state index contributed by atoms with van der Waals surface area (Å²) in [7, 11) is 0. The minimum absolute atomic E-state index is 0.115. The maximum atomic E-state index is 12.4. The van der Waals surface area contributed by atoms with Crippen LogP contribution >= 0.6 is 0 Å². The SMILES string of the molecule is CCCCOc1ccc(C(=O)Nc2ccc(C(CCC(=O)O)=NO)cc2)cc1. The van der Waals surface area contributed by atoms with Gasteiger partial charge in [-0.2, -0.15) is 0 Å². The van der Waals surface area contributed by atoms with Gasteiger partial charge in [-0.1, -0.05) is 30.6 Å². The predicted molar refractivity (Wildman–Crippen MR) is 106 cm³/mol. The third kappa shape index (κ3) is 6.42. The van der Waals surface area contributed by atoms with E-state index in [2.05, 4.69) is 17.4 Å². The smallest absolute Gasteiger partial charge is 0.303 e. The highest BCUT2D eigenvalue weighted by Gasteiger charge is 2.10. The topological polar surface area (TPSA) is 108 Å². The van der Waals surface area contributed by atoms with Gasteiger partial charge in [0.15, 0.2) is 0 Å². The second-order valence-electron chi connectivity index (χ2n) is 6.20. The van der Waals surface area contributed by atoms with Crippen molar-refractivity contribution in [3.63, 3.8) is 0 Å². The van der Waals surface area contributed by atoms with Crippen molar-refractivity contribution >= 4 is 23.3 Å². The molecule has 0 atom stereocenters. The Morgan fingerprint density at radius 2 is 1.64 bits per heavy atom. The number of oxime groups is 1. The molecule has 2 aromatic carbocycles. The number of nitrogens with one attached hydrogen (secondary N) is 1. The van der Waals surface area contributed by atoms with Gasteiger partial charge in [0, 0.05) is 17.7 Å². The van der Waals surface area contributed by atoms with E-state index in [0.717, 1.165) is 18.6 Å². The van der Waals surface area contributed by atoms with E-state index in [0.29, 0.717) is 23.4 Å². The Labute approximate surface area is 163 Å². The molecular formula is C21H24N2O5. The van der Waals surface area contributed by atoms with Crippen molar-refractivity contribution < 1.29 is 24.6 Å². The van der Waals surface area contributed by atoms with Gasteiger partial charge in [-0.3, -0.25) is 9.59 Å². The number of rotatable bonds is 10. The van der Waals surface area contributed by atoms with Crippen LogP contribution in [0.5, 0.6) is 5.75 Å². The summed E-state index contributed by atoms with van der Waals surface area (Å²) in [4.78, 5) is 23.0. The largest absolute Gasteiger partial charge is 0.494 e. The maximum Gasteiger partial charge on any atom is 0.303 e. The number of carboxylic acid groups (broad SMARTS) is 1. The fourth-order valence-electron chi connectivity index (χ4n) is 2.46. The molecule has 148 valence electrons. The van der Waals surface area contributed by atoms with Crippen LogP contribution in [0.15, 0.2) is 53.7 Å². The molecule has 3 N–H and O–H groups in total. The first-order chi connectivity index (χ1) is 13.5. The maximum absolute atomic E-state index is 12.4. The average Bonchev–Trinajstić information content (AvgIpc) is 2.70. The van der Waals surface area contributed by atoms with Gasteiger partial charge in [0.25, 0.3) is 5.91 Å². The Balaban J connectivity index is 1.95. The third-order valence-electron chi connectivity index (χ3n) is 4.06. The van der Waals surface area contributed by atoms with Gasteiger partial charge < -0.3 is 20.4 Å². The number of ether oxygens (including phenoxy) is 1. The van der Waals surface area contributed by atoms with Crippen LogP contribution in [0.1, 0.15) is 48.5 Å². The molecule has 0 aromatic heterocycles. The fraction of sp³-hybridized carbons (Fsp3) is 0.286. The zero-order valence-electron chi connectivity index (χ0n) is 15.7. The van der Waals surface area contributed by atoms with E-state index in [4.69, 9.17) is 15.1 Å². The van der Waals surface area contributed by atoms with Crippen LogP contribution < -0.4 is 10.1 Å². The quantitative estimate of drug-likeness (QED) is 0.247. The van der Waals surface area contributed by atoms with Gasteiger partial charge in [0.05, 0.1) is 18.7 Å². The molecule has 28 heavy (non-hydrogen) atoms. The number of carboxylic acids is 1. The molecule has 0 spiro atoms. The van der Waals surface area contributed by atoms with Crippen molar-refractivity contribution in [2.45, 2.75) is 32.6 Å². The van der Waals surface area contributed by atoms with Gasteiger partial charge in [0.2, 0.25) is 0 Å². The fourth-order valence-corrected chi connectivity index (χ4v) is 2.46. The number of unbranched alkanes of at least 4 members (excludes halogenated alkanes) is 1. The van der Waals surface area contributed by atoms with Crippen LogP contribution in [0.4, 0.5) is 5.69 Å². The first kappa shape index (κ1) is 21.0. The molecule has 7 nitrogen and oxygen atoms in total. The molecule has 0 aliphatic heterocycles. The number of nitrogens with zero attached hydrogens (tertiary/aromatic N) is 1. The van der Waals surface area contributed by atoms with Crippen LogP contribution in [0.3, 0.4) is 0 Å². The molecule has 7 heteroatoms. The van der Waals surface area contributed by atoms with Crippen molar-refractivity contribution in [2.75, 3.05) is 11.9 Å². The standard InChI is InChI=1S/C21H24N2O5/c1-2-3-14-28-18-10-6-16(7-11-18)21(26)22-17-8-4-15(5-9-17)19(23-27)12-13-20(24)25/h4-11,27H,2-3,12-14H2,1H3,(H,22,26)(H,24,25). The highest BCUT2D eigenvalue weighted by Crippen LogP contribution is 2.16. The first-order valence-corrected chi connectivity index (χ1v) is 9.11. The van der Waals surface area contributed by atoms with Crippen molar-refractivity contribution in [2.24, 2.45) is 5.16 Å². The molecule has 0 radical (unpaired) electrons. The molecule has 0 aliphatic carbocycles. The van der Waals surface area contributed by atoms with E-state index in [1.54, 1.807) is 48.5 Å². The Hall–Kier alpha value is -3.35. The molecule has 0 unspecified atom stereocenters. The number of carbonyl (C=O) groups excluding carboxylic acids is 1. The van der Waals surface area contributed by atoms with Crippen LogP contribution in [-0.2, 0) is 4.79 Å². The van der Waals surface area contributed by atoms with Crippen molar-refractivity contribution in [1.82, 2.24) is 0 Å². The van der Waals surface area contributed by atoms with Gasteiger partial charge in [-0.25, -0.2) is 0 Å². The summed E-state index contributed by atoms with van der Waals surface area (Å²) in [5, 5.41) is 23.7. The molecule has 0 saturated heterocycles. The molecule has 0 heterocycles. The number of aliphatic carboxylic acids is 1. The van der Waals surface area contributed by atoms with Gasteiger partial charge in [-0.05, 0) is 48.4 Å². The Morgan fingerprint density at radius 3 is 2.21 bits per heavy atom. The highest BCUT2D eigenvalue weighted by atomic mass is 16.5. The molecule has 0 bridgehead atoms. The summed E-state index contributed by atoms with van der Waals surface area (Å²) >= 11 is 0. The lowest BCUT2D eigenvalue weighted by Gasteiger charge is -2.09. The van der Waals surface area contributed by atoms with E-state index in [1.807, 2.05) is 0 Å². The Bertz CT molecular complexity index is 814. The van der Waals surface area contributed by atoms with Crippen molar-refractivity contribution in [3.8, 4) is 5.75 Å². The van der Waals surface area contributed by atoms with Crippen molar-refractivity contribution in [1.29, 1.82) is 0 Å². The summed E-state index contributed by atoms with van der Waals surface area (Å²) in [6.45, 7) is 2.75. The van der Waals surface area contributed by atoms with E-state index in [9.17, 15) is 9.59 Å². The number of carbonyl (C=O) groups is 2. The van der Waals surface area contributed by atoms with E-state index >= 15 is 0 Å². The number of benzene rings is 2. The second-order valence-corrected chi connectivity index (χ2v) is 6.20. The van der Waals surface area contributed by atoms with Crippen molar-refractivity contribution in [3.05, 3.63) is 59.7 Å². The summed E-state index contributed by atoms with van der Waals surface area (Å²) in [6.07, 6.45) is 2.03. The number of anilines is 1. The van der Waals surface area contributed by atoms with Gasteiger partial charge in [-0.15, -0.1) is 0 Å². The number of amides is 1. The molecule has 0 fully saturated rings. The average molecular weight is 384 g/mol.